The van der Waals surface area contributed by atoms with E-state index in [0.29, 0.717) is 17.9 Å². The number of aryl methyl sites for hydroxylation is 1. The van der Waals surface area contributed by atoms with E-state index >= 15 is 0 Å². The number of aliphatic hydroxyl groups excluding tert-OH is 2. The molecule has 1 rings (SSSR count). The molecule has 0 heterocycles. The van der Waals surface area contributed by atoms with E-state index in [4.69, 9.17) is 16.7 Å². The third-order valence-electron chi connectivity index (χ3n) is 3.72. The standard InChI is InChI=1S/C17H25ClN2O4/c1-17(2,11-21)15(23)16(24)20-10-9-19-14(22)8-7-12-5-3-4-6-13(12)18/h3-6,15,21,23H,7-11H2,1-2H3,(H,19,22)(H,20,24)/t15-/m0/s1. The van der Waals surface area contributed by atoms with Crippen LogP contribution in [-0.4, -0.2) is 47.8 Å². The van der Waals surface area contributed by atoms with Crippen LogP contribution in [0, 0.1) is 5.41 Å². The minimum atomic E-state index is -1.31. The van der Waals surface area contributed by atoms with Crippen molar-refractivity contribution in [2.24, 2.45) is 5.41 Å². The minimum absolute atomic E-state index is 0.139. The number of aliphatic hydroxyl groups is 2. The molecule has 2 amide bonds. The minimum Gasteiger partial charge on any atom is -0.396 e. The molecule has 0 spiro atoms. The van der Waals surface area contributed by atoms with Gasteiger partial charge in [0.1, 0.15) is 6.10 Å². The quantitative estimate of drug-likeness (QED) is 0.494. The number of carbonyl (C=O) groups is 2. The Labute approximate surface area is 147 Å². The fraction of sp³-hybridized carbons (Fsp3) is 0.529. The highest BCUT2D eigenvalue weighted by molar-refractivity contribution is 6.31. The molecule has 0 saturated heterocycles. The molecule has 0 bridgehead atoms. The van der Waals surface area contributed by atoms with Crippen molar-refractivity contribution in [2.75, 3.05) is 19.7 Å². The van der Waals surface area contributed by atoms with Gasteiger partial charge >= 0.3 is 0 Å². The summed E-state index contributed by atoms with van der Waals surface area (Å²) in [7, 11) is 0. The Bertz CT molecular complexity index is 563. The zero-order valence-electron chi connectivity index (χ0n) is 14.0. The van der Waals surface area contributed by atoms with Crippen molar-refractivity contribution in [3.05, 3.63) is 34.9 Å². The van der Waals surface area contributed by atoms with Gasteiger partial charge in [-0.1, -0.05) is 43.6 Å². The van der Waals surface area contributed by atoms with Gasteiger partial charge in [-0.15, -0.1) is 0 Å². The van der Waals surface area contributed by atoms with Gasteiger partial charge < -0.3 is 20.8 Å². The van der Waals surface area contributed by atoms with Crippen LogP contribution in [0.5, 0.6) is 0 Å². The van der Waals surface area contributed by atoms with Crippen molar-refractivity contribution in [3.8, 4) is 0 Å². The van der Waals surface area contributed by atoms with Gasteiger partial charge in [0.25, 0.3) is 0 Å². The summed E-state index contributed by atoms with van der Waals surface area (Å²) in [5.74, 6) is -0.709. The fourth-order valence-corrected chi connectivity index (χ4v) is 2.19. The van der Waals surface area contributed by atoms with Crippen LogP contribution >= 0.6 is 11.6 Å². The maximum Gasteiger partial charge on any atom is 0.249 e. The number of hydrogen-bond acceptors (Lipinski definition) is 4. The highest BCUT2D eigenvalue weighted by Gasteiger charge is 2.32. The maximum absolute atomic E-state index is 11.8. The van der Waals surface area contributed by atoms with Crippen LogP contribution in [0.1, 0.15) is 25.8 Å². The van der Waals surface area contributed by atoms with Crippen molar-refractivity contribution >= 4 is 23.4 Å². The molecule has 4 N–H and O–H groups in total. The van der Waals surface area contributed by atoms with Gasteiger partial charge in [-0.25, -0.2) is 0 Å². The van der Waals surface area contributed by atoms with E-state index in [1.807, 2.05) is 18.2 Å². The zero-order chi connectivity index (χ0) is 18.2. The van der Waals surface area contributed by atoms with Crippen LogP contribution in [0.3, 0.4) is 0 Å². The molecular weight excluding hydrogens is 332 g/mol. The second-order valence-electron chi connectivity index (χ2n) is 6.28. The van der Waals surface area contributed by atoms with Gasteiger partial charge in [0, 0.05) is 29.9 Å². The fourth-order valence-electron chi connectivity index (χ4n) is 1.96. The molecule has 0 aliphatic carbocycles. The number of nitrogens with one attached hydrogen (secondary N) is 2. The molecule has 1 aromatic rings. The summed E-state index contributed by atoms with van der Waals surface area (Å²) in [6, 6.07) is 7.36. The second-order valence-corrected chi connectivity index (χ2v) is 6.69. The van der Waals surface area contributed by atoms with Crippen molar-refractivity contribution in [1.82, 2.24) is 10.6 Å². The van der Waals surface area contributed by atoms with Gasteiger partial charge in [0.05, 0.1) is 6.61 Å². The lowest BCUT2D eigenvalue weighted by atomic mass is 9.87. The number of hydrogen-bond donors (Lipinski definition) is 4. The summed E-state index contributed by atoms with van der Waals surface area (Å²) in [4.78, 5) is 23.5. The molecule has 0 saturated carbocycles. The van der Waals surface area contributed by atoms with Gasteiger partial charge in [-0.3, -0.25) is 9.59 Å². The molecule has 1 atom stereocenters. The molecule has 6 nitrogen and oxygen atoms in total. The number of benzene rings is 1. The topological polar surface area (TPSA) is 98.7 Å². The largest absolute Gasteiger partial charge is 0.396 e. The molecule has 0 aliphatic rings. The monoisotopic (exact) mass is 356 g/mol. The lowest BCUT2D eigenvalue weighted by molar-refractivity contribution is -0.137. The highest BCUT2D eigenvalue weighted by atomic mass is 35.5. The lowest BCUT2D eigenvalue weighted by Gasteiger charge is -2.27. The highest BCUT2D eigenvalue weighted by Crippen LogP contribution is 2.19. The summed E-state index contributed by atoms with van der Waals surface area (Å²) < 4.78 is 0. The van der Waals surface area contributed by atoms with Gasteiger partial charge in [-0.05, 0) is 18.1 Å². The summed E-state index contributed by atoms with van der Waals surface area (Å²) in [6.07, 6.45) is -0.461. The molecule has 0 aliphatic heterocycles. The Kier molecular flexibility index (Phi) is 8.18. The number of carbonyl (C=O) groups excluding carboxylic acids is 2. The normalized spacial score (nSPS) is 12.5. The number of halogens is 1. The Balaban J connectivity index is 2.24. The molecule has 1 aromatic carbocycles. The summed E-state index contributed by atoms with van der Waals surface area (Å²) in [5, 5.41) is 24.8. The van der Waals surface area contributed by atoms with Gasteiger partial charge in [0.2, 0.25) is 11.8 Å². The smallest absolute Gasteiger partial charge is 0.249 e. The predicted octanol–water partition coefficient (Wildman–Crippen LogP) is 0.884. The van der Waals surface area contributed by atoms with Crippen LogP contribution in [0.2, 0.25) is 5.02 Å². The van der Waals surface area contributed by atoms with Crippen molar-refractivity contribution < 1.29 is 19.8 Å². The maximum atomic E-state index is 11.8. The molecule has 0 radical (unpaired) electrons. The number of amides is 2. The lowest BCUT2D eigenvalue weighted by Crippen LogP contribution is -2.47. The third kappa shape index (κ3) is 6.47. The Morgan fingerprint density at radius 3 is 2.46 bits per heavy atom. The van der Waals surface area contributed by atoms with Crippen LogP contribution < -0.4 is 10.6 Å². The van der Waals surface area contributed by atoms with Gasteiger partial charge in [-0.2, -0.15) is 0 Å². The van der Waals surface area contributed by atoms with Crippen molar-refractivity contribution in [2.45, 2.75) is 32.8 Å². The zero-order valence-corrected chi connectivity index (χ0v) is 14.8. The molecular formula is C17H25ClN2O4. The molecule has 0 unspecified atom stereocenters. The summed E-state index contributed by atoms with van der Waals surface area (Å²) >= 11 is 6.03. The van der Waals surface area contributed by atoms with Crippen LogP contribution in [0.15, 0.2) is 24.3 Å². The van der Waals surface area contributed by atoms with E-state index in [1.165, 1.54) is 0 Å². The van der Waals surface area contributed by atoms with Crippen molar-refractivity contribution in [1.29, 1.82) is 0 Å². The Hall–Kier alpha value is -1.63. The molecule has 0 aromatic heterocycles. The first-order valence-electron chi connectivity index (χ1n) is 7.84. The SMILES string of the molecule is CC(C)(CO)[C@@H](O)C(=O)NCCNC(=O)CCc1ccccc1Cl. The Morgan fingerprint density at radius 1 is 1.21 bits per heavy atom. The van der Waals surface area contributed by atoms with E-state index < -0.39 is 17.4 Å². The molecule has 7 heteroatoms. The van der Waals surface area contributed by atoms with E-state index in [9.17, 15) is 14.7 Å². The van der Waals surface area contributed by atoms with Crippen LogP contribution in [0.4, 0.5) is 0 Å². The Morgan fingerprint density at radius 2 is 1.83 bits per heavy atom. The van der Waals surface area contributed by atoms with E-state index in [2.05, 4.69) is 10.6 Å². The molecule has 134 valence electrons. The van der Waals surface area contributed by atoms with Gasteiger partial charge in [0.15, 0.2) is 0 Å². The third-order valence-corrected chi connectivity index (χ3v) is 4.09. The summed E-state index contributed by atoms with van der Waals surface area (Å²) in [5.41, 5.74) is -0.000534. The van der Waals surface area contributed by atoms with Crippen molar-refractivity contribution in [3.63, 3.8) is 0 Å². The first-order chi connectivity index (χ1) is 11.3. The second kappa shape index (κ2) is 9.61. The van der Waals surface area contributed by atoms with Crippen LogP contribution in [0.25, 0.3) is 0 Å². The van der Waals surface area contributed by atoms with Crippen LogP contribution in [-0.2, 0) is 16.0 Å². The first-order valence-corrected chi connectivity index (χ1v) is 8.22. The number of rotatable bonds is 9. The van der Waals surface area contributed by atoms with E-state index in [-0.39, 0.29) is 25.6 Å². The summed E-state index contributed by atoms with van der Waals surface area (Å²) in [6.45, 7) is 3.34. The van der Waals surface area contributed by atoms with E-state index in [1.54, 1.807) is 19.9 Å². The molecule has 24 heavy (non-hydrogen) atoms. The molecule has 0 fully saturated rings. The van der Waals surface area contributed by atoms with E-state index in [0.717, 1.165) is 5.56 Å². The average Bonchev–Trinajstić information content (AvgIpc) is 2.57. The predicted molar refractivity (Wildman–Crippen MR) is 92.7 cm³/mol. The first kappa shape index (κ1) is 20.4. The average molecular weight is 357 g/mol.